The van der Waals surface area contributed by atoms with E-state index in [9.17, 15) is 9.59 Å². The van der Waals surface area contributed by atoms with Crippen molar-refractivity contribution in [1.82, 2.24) is 0 Å². The standard InChI is InChI=1S/C19H18O4/c1-3-18(21)23-13-12-16(20)15-10-7-11-17(22-2)19(15)14-8-5-4-6-9-14/h3-11H,1,12-13H2,2H3. The van der Waals surface area contributed by atoms with Gasteiger partial charge in [0.15, 0.2) is 5.78 Å². The Balaban J connectivity index is 2.29. The maximum absolute atomic E-state index is 12.5. The third-order valence-corrected chi connectivity index (χ3v) is 3.35. The van der Waals surface area contributed by atoms with E-state index < -0.39 is 5.97 Å². The fraction of sp³-hybridized carbons (Fsp3) is 0.158. The highest BCUT2D eigenvalue weighted by Gasteiger charge is 2.17. The Hall–Kier alpha value is -2.88. The number of Topliss-reactive ketones (excluding diaryl/α,β-unsaturated/α-hetero) is 1. The molecule has 0 aromatic heterocycles. The molecular formula is C19H18O4. The molecule has 2 rings (SSSR count). The molecule has 4 nitrogen and oxygen atoms in total. The van der Waals surface area contributed by atoms with E-state index in [2.05, 4.69) is 6.58 Å². The predicted octanol–water partition coefficient (Wildman–Crippen LogP) is 3.66. The number of esters is 1. The van der Waals surface area contributed by atoms with Crippen molar-refractivity contribution in [3.63, 3.8) is 0 Å². The van der Waals surface area contributed by atoms with E-state index in [0.29, 0.717) is 11.3 Å². The molecule has 0 heterocycles. The fourth-order valence-electron chi connectivity index (χ4n) is 2.27. The number of hydrogen-bond donors (Lipinski definition) is 0. The van der Waals surface area contributed by atoms with Crippen molar-refractivity contribution >= 4 is 11.8 Å². The Morgan fingerprint density at radius 3 is 2.48 bits per heavy atom. The second-order valence-corrected chi connectivity index (χ2v) is 4.79. The van der Waals surface area contributed by atoms with Gasteiger partial charge in [-0.1, -0.05) is 49.0 Å². The summed E-state index contributed by atoms with van der Waals surface area (Å²) in [5.74, 6) is -0.0172. The Morgan fingerprint density at radius 2 is 1.83 bits per heavy atom. The van der Waals surface area contributed by atoms with Crippen LogP contribution in [0.3, 0.4) is 0 Å². The normalized spacial score (nSPS) is 9.96. The van der Waals surface area contributed by atoms with E-state index in [1.54, 1.807) is 19.2 Å². The molecule has 0 atom stereocenters. The molecule has 0 saturated carbocycles. The fourth-order valence-corrected chi connectivity index (χ4v) is 2.27. The maximum atomic E-state index is 12.5. The van der Waals surface area contributed by atoms with Gasteiger partial charge in [0.1, 0.15) is 5.75 Å². The number of rotatable bonds is 7. The molecule has 0 amide bonds. The molecule has 2 aromatic rings. The van der Waals surface area contributed by atoms with Crippen LogP contribution in [-0.4, -0.2) is 25.5 Å². The lowest BCUT2D eigenvalue weighted by Crippen LogP contribution is -2.09. The summed E-state index contributed by atoms with van der Waals surface area (Å²) >= 11 is 0. The minimum absolute atomic E-state index is 0.0229. The third-order valence-electron chi connectivity index (χ3n) is 3.35. The van der Waals surface area contributed by atoms with Crippen molar-refractivity contribution in [2.75, 3.05) is 13.7 Å². The Labute approximate surface area is 135 Å². The zero-order valence-electron chi connectivity index (χ0n) is 13.0. The van der Waals surface area contributed by atoms with E-state index in [4.69, 9.17) is 9.47 Å². The molecule has 0 aliphatic carbocycles. The van der Waals surface area contributed by atoms with Gasteiger partial charge < -0.3 is 9.47 Å². The second-order valence-electron chi connectivity index (χ2n) is 4.79. The Bertz CT molecular complexity index is 705. The van der Waals surface area contributed by atoms with Crippen LogP contribution in [0.1, 0.15) is 16.8 Å². The summed E-state index contributed by atoms with van der Waals surface area (Å²) in [6, 6.07) is 14.9. The van der Waals surface area contributed by atoms with Gasteiger partial charge in [-0.2, -0.15) is 0 Å². The lowest BCUT2D eigenvalue weighted by Gasteiger charge is -2.13. The predicted molar refractivity (Wildman–Crippen MR) is 88.5 cm³/mol. The van der Waals surface area contributed by atoms with Gasteiger partial charge in [-0.25, -0.2) is 4.79 Å². The summed E-state index contributed by atoms with van der Waals surface area (Å²) in [5.41, 5.74) is 2.19. The van der Waals surface area contributed by atoms with E-state index in [1.807, 2.05) is 36.4 Å². The van der Waals surface area contributed by atoms with Crippen LogP contribution in [0.15, 0.2) is 61.2 Å². The van der Waals surface area contributed by atoms with Gasteiger partial charge in [0.25, 0.3) is 0 Å². The first-order chi connectivity index (χ1) is 11.2. The molecule has 0 radical (unpaired) electrons. The first kappa shape index (κ1) is 16.5. The monoisotopic (exact) mass is 310 g/mol. The number of ether oxygens (including phenoxy) is 2. The number of hydrogen-bond acceptors (Lipinski definition) is 4. The van der Waals surface area contributed by atoms with Gasteiger partial charge in [-0.3, -0.25) is 4.79 Å². The zero-order chi connectivity index (χ0) is 16.7. The molecule has 0 aliphatic rings. The SMILES string of the molecule is C=CC(=O)OCCC(=O)c1cccc(OC)c1-c1ccccc1. The van der Waals surface area contributed by atoms with E-state index in [0.717, 1.165) is 17.2 Å². The number of ketones is 1. The zero-order valence-corrected chi connectivity index (χ0v) is 13.0. The summed E-state index contributed by atoms with van der Waals surface area (Å²) in [7, 11) is 1.57. The minimum Gasteiger partial charge on any atom is -0.496 e. The molecule has 0 unspecified atom stereocenters. The highest BCUT2D eigenvalue weighted by molar-refractivity contribution is 6.03. The summed E-state index contributed by atoms with van der Waals surface area (Å²) in [6.45, 7) is 3.34. The van der Waals surface area contributed by atoms with Crippen LogP contribution in [0.4, 0.5) is 0 Å². The van der Waals surface area contributed by atoms with Crippen molar-refractivity contribution in [3.05, 3.63) is 66.7 Å². The number of carbonyl (C=O) groups excluding carboxylic acids is 2. The van der Waals surface area contributed by atoms with Crippen molar-refractivity contribution in [1.29, 1.82) is 0 Å². The van der Waals surface area contributed by atoms with Gasteiger partial charge in [-0.15, -0.1) is 0 Å². The average molecular weight is 310 g/mol. The van der Waals surface area contributed by atoms with Crippen molar-refractivity contribution in [2.24, 2.45) is 0 Å². The molecule has 0 aliphatic heterocycles. The molecule has 2 aromatic carbocycles. The van der Waals surface area contributed by atoms with Gasteiger partial charge in [0.05, 0.1) is 13.7 Å². The summed E-state index contributed by atoms with van der Waals surface area (Å²) < 4.78 is 10.3. The summed E-state index contributed by atoms with van der Waals surface area (Å²) in [5, 5.41) is 0. The highest BCUT2D eigenvalue weighted by Crippen LogP contribution is 2.33. The topological polar surface area (TPSA) is 52.6 Å². The molecule has 0 bridgehead atoms. The van der Waals surface area contributed by atoms with Crippen molar-refractivity contribution in [2.45, 2.75) is 6.42 Å². The van der Waals surface area contributed by atoms with Crippen LogP contribution < -0.4 is 4.74 Å². The molecule has 0 saturated heterocycles. The lowest BCUT2D eigenvalue weighted by molar-refractivity contribution is -0.137. The van der Waals surface area contributed by atoms with Crippen molar-refractivity contribution < 1.29 is 19.1 Å². The second kappa shape index (κ2) is 7.94. The van der Waals surface area contributed by atoms with Gasteiger partial charge in [-0.05, 0) is 11.6 Å². The van der Waals surface area contributed by atoms with Gasteiger partial charge in [0, 0.05) is 23.6 Å². The molecule has 4 heteroatoms. The molecule has 0 N–H and O–H groups in total. The Kier molecular flexibility index (Phi) is 5.69. The van der Waals surface area contributed by atoms with Crippen molar-refractivity contribution in [3.8, 4) is 16.9 Å². The number of benzene rings is 2. The molecule has 0 fully saturated rings. The molecule has 23 heavy (non-hydrogen) atoms. The third kappa shape index (κ3) is 4.07. The lowest BCUT2D eigenvalue weighted by atomic mass is 9.95. The minimum atomic E-state index is -0.535. The Morgan fingerprint density at radius 1 is 1.09 bits per heavy atom. The van der Waals surface area contributed by atoms with Gasteiger partial charge in [0.2, 0.25) is 0 Å². The van der Waals surface area contributed by atoms with Crippen LogP contribution in [0.5, 0.6) is 5.75 Å². The first-order valence-electron chi connectivity index (χ1n) is 7.22. The van der Waals surface area contributed by atoms with Crippen LogP contribution in [0, 0.1) is 0 Å². The summed E-state index contributed by atoms with van der Waals surface area (Å²) in [4.78, 5) is 23.6. The quantitative estimate of drug-likeness (QED) is 0.445. The van der Waals surface area contributed by atoms with E-state index >= 15 is 0 Å². The highest BCUT2D eigenvalue weighted by atomic mass is 16.5. The van der Waals surface area contributed by atoms with E-state index in [1.165, 1.54) is 0 Å². The largest absolute Gasteiger partial charge is 0.496 e. The summed E-state index contributed by atoms with van der Waals surface area (Å²) in [6.07, 6.45) is 1.18. The van der Waals surface area contributed by atoms with Crippen LogP contribution in [-0.2, 0) is 9.53 Å². The average Bonchev–Trinajstić information content (AvgIpc) is 2.61. The van der Waals surface area contributed by atoms with E-state index in [-0.39, 0.29) is 18.8 Å². The first-order valence-corrected chi connectivity index (χ1v) is 7.22. The molecule has 0 spiro atoms. The van der Waals surface area contributed by atoms with Crippen LogP contribution in [0.2, 0.25) is 0 Å². The maximum Gasteiger partial charge on any atom is 0.330 e. The van der Waals surface area contributed by atoms with Gasteiger partial charge >= 0.3 is 5.97 Å². The molecule has 118 valence electrons. The number of methoxy groups -OCH3 is 1. The van der Waals surface area contributed by atoms with Crippen LogP contribution in [0.25, 0.3) is 11.1 Å². The smallest absolute Gasteiger partial charge is 0.330 e. The van der Waals surface area contributed by atoms with Crippen LogP contribution >= 0.6 is 0 Å². The molecular weight excluding hydrogens is 292 g/mol. The number of carbonyl (C=O) groups is 2.